The van der Waals surface area contributed by atoms with Crippen LogP contribution in [0, 0.1) is 5.92 Å². The number of benzene rings is 3. The van der Waals surface area contributed by atoms with Crippen LogP contribution in [0.3, 0.4) is 0 Å². The van der Waals surface area contributed by atoms with Crippen LogP contribution in [0.25, 0.3) is 0 Å². The van der Waals surface area contributed by atoms with Crippen LogP contribution in [-0.2, 0) is 11.4 Å². The number of nitrogens with zero attached hydrogens (tertiary/aromatic N) is 1. The summed E-state index contributed by atoms with van der Waals surface area (Å²) in [7, 11) is 0. The minimum absolute atomic E-state index is 0.0129. The van der Waals surface area contributed by atoms with Gasteiger partial charge < -0.3 is 4.74 Å². The van der Waals surface area contributed by atoms with Crippen LogP contribution in [0.4, 0.5) is 0 Å². The highest BCUT2D eigenvalue weighted by Crippen LogP contribution is 2.47. The summed E-state index contributed by atoms with van der Waals surface area (Å²) in [4.78, 5) is 12.4. The highest BCUT2D eigenvalue weighted by Gasteiger charge is 2.43. The van der Waals surface area contributed by atoms with Crippen molar-refractivity contribution in [1.29, 1.82) is 0 Å². The van der Waals surface area contributed by atoms with Gasteiger partial charge in [0.25, 0.3) is 0 Å². The third-order valence-electron chi connectivity index (χ3n) is 5.21. The van der Waals surface area contributed by atoms with E-state index in [0.29, 0.717) is 12.5 Å². The average molecular weight is 384 g/mol. The molecule has 1 aliphatic carbocycles. The van der Waals surface area contributed by atoms with Gasteiger partial charge in [0.05, 0.1) is 5.71 Å². The lowest BCUT2D eigenvalue weighted by molar-refractivity contribution is -0.122. The van der Waals surface area contributed by atoms with E-state index in [-0.39, 0.29) is 11.8 Å². The van der Waals surface area contributed by atoms with Crippen molar-refractivity contribution in [3.8, 4) is 5.75 Å². The van der Waals surface area contributed by atoms with E-state index in [2.05, 4.69) is 22.7 Å². The van der Waals surface area contributed by atoms with Gasteiger partial charge in [0.15, 0.2) is 0 Å². The van der Waals surface area contributed by atoms with E-state index in [1.54, 1.807) is 0 Å². The third-order valence-corrected chi connectivity index (χ3v) is 5.21. The lowest BCUT2D eigenvalue weighted by atomic mass is 10.1. The molecule has 4 heteroatoms. The zero-order valence-corrected chi connectivity index (χ0v) is 16.4. The lowest BCUT2D eigenvalue weighted by Gasteiger charge is -2.08. The molecular weight excluding hydrogens is 360 g/mol. The maximum absolute atomic E-state index is 12.4. The number of carbonyl (C=O) groups is 1. The smallest absolute Gasteiger partial charge is 0.243 e. The van der Waals surface area contributed by atoms with Crippen LogP contribution in [0.1, 0.15) is 36.0 Å². The van der Waals surface area contributed by atoms with Gasteiger partial charge in [-0.3, -0.25) is 4.79 Å². The molecule has 0 aliphatic heterocycles. The topological polar surface area (TPSA) is 50.7 Å². The molecule has 0 saturated heterocycles. The van der Waals surface area contributed by atoms with Crippen LogP contribution in [0.2, 0.25) is 0 Å². The molecular formula is C25H24N2O2. The number of hydrogen-bond acceptors (Lipinski definition) is 3. The van der Waals surface area contributed by atoms with Crippen molar-refractivity contribution in [3.63, 3.8) is 0 Å². The van der Waals surface area contributed by atoms with Crippen LogP contribution in [-0.4, -0.2) is 11.6 Å². The van der Waals surface area contributed by atoms with Crippen molar-refractivity contribution in [3.05, 3.63) is 102 Å². The molecule has 0 heterocycles. The van der Waals surface area contributed by atoms with Crippen LogP contribution in [0.15, 0.2) is 90.0 Å². The minimum Gasteiger partial charge on any atom is -0.489 e. The van der Waals surface area contributed by atoms with E-state index < -0.39 is 0 Å². The highest BCUT2D eigenvalue weighted by atomic mass is 16.5. The molecule has 1 aliphatic rings. The Balaban J connectivity index is 1.29. The molecule has 1 amide bonds. The van der Waals surface area contributed by atoms with Crippen LogP contribution < -0.4 is 10.2 Å². The first-order valence-electron chi connectivity index (χ1n) is 9.87. The average Bonchev–Trinajstić information content (AvgIpc) is 3.59. The fraction of sp³-hybridized carbons (Fsp3) is 0.200. The summed E-state index contributed by atoms with van der Waals surface area (Å²) in [6, 6.07) is 28.0. The highest BCUT2D eigenvalue weighted by molar-refractivity contribution is 5.99. The Morgan fingerprint density at radius 3 is 2.31 bits per heavy atom. The number of hydrazone groups is 1. The van der Waals surface area contributed by atoms with Gasteiger partial charge in [0.2, 0.25) is 5.91 Å². The molecule has 0 radical (unpaired) electrons. The number of nitrogens with one attached hydrogen (secondary N) is 1. The maximum atomic E-state index is 12.4. The molecule has 0 spiro atoms. The fourth-order valence-electron chi connectivity index (χ4n) is 3.37. The van der Waals surface area contributed by atoms with E-state index in [1.807, 2.05) is 79.7 Å². The molecule has 29 heavy (non-hydrogen) atoms. The monoisotopic (exact) mass is 384 g/mol. The molecule has 2 atom stereocenters. The number of ether oxygens (including phenoxy) is 1. The van der Waals surface area contributed by atoms with Crippen molar-refractivity contribution in [2.75, 3.05) is 0 Å². The van der Waals surface area contributed by atoms with Gasteiger partial charge in [0.1, 0.15) is 12.4 Å². The molecule has 2 unspecified atom stereocenters. The summed E-state index contributed by atoms with van der Waals surface area (Å²) >= 11 is 0. The summed E-state index contributed by atoms with van der Waals surface area (Å²) in [5.74, 6) is 1.12. The van der Waals surface area contributed by atoms with Gasteiger partial charge in [-0.1, -0.05) is 60.7 Å². The van der Waals surface area contributed by atoms with Gasteiger partial charge in [-0.2, -0.15) is 5.10 Å². The Morgan fingerprint density at radius 2 is 1.62 bits per heavy atom. The second-order valence-corrected chi connectivity index (χ2v) is 7.33. The molecule has 4 rings (SSSR count). The first kappa shape index (κ1) is 18.9. The van der Waals surface area contributed by atoms with Crippen molar-refractivity contribution < 1.29 is 9.53 Å². The van der Waals surface area contributed by atoms with E-state index in [9.17, 15) is 4.79 Å². The van der Waals surface area contributed by atoms with Gasteiger partial charge in [-0.25, -0.2) is 5.43 Å². The molecule has 3 aromatic carbocycles. The second kappa shape index (κ2) is 8.74. The predicted molar refractivity (Wildman–Crippen MR) is 115 cm³/mol. The third kappa shape index (κ3) is 4.91. The number of rotatable bonds is 7. The molecule has 1 saturated carbocycles. The van der Waals surface area contributed by atoms with Gasteiger partial charge in [-0.05, 0) is 60.2 Å². The Morgan fingerprint density at radius 1 is 0.966 bits per heavy atom. The van der Waals surface area contributed by atoms with Crippen LogP contribution in [0.5, 0.6) is 5.75 Å². The second-order valence-electron chi connectivity index (χ2n) is 7.33. The van der Waals surface area contributed by atoms with E-state index in [1.165, 1.54) is 5.56 Å². The van der Waals surface area contributed by atoms with Crippen molar-refractivity contribution in [1.82, 2.24) is 5.43 Å². The van der Waals surface area contributed by atoms with E-state index in [0.717, 1.165) is 29.0 Å². The van der Waals surface area contributed by atoms with Crippen LogP contribution >= 0.6 is 0 Å². The fourth-order valence-corrected chi connectivity index (χ4v) is 3.37. The van der Waals surface area contributed by atoms with E-state index >= 15 is 0 Å². The molecule has 1 N–H and O–H groups in total. The number of amides is 1. The standard InChI is InChI=1S/C25H24N2O2/c1-18(26-27-25(28)24-16-23(24)21-10-6-3-7-11-21)20-12-14-22(15-13-20)29-17-19-8-4-2-5-9-19/h2-15,23-24H,16-17H2,1H3,(H,27,28). The van der Waals surface area contributed by atoms with Crippen molar-refractivity contribution in [2.45, 2.75) is 25.9 Å². The summed E-state index contributed by atoms with van der Waals surface area (Å²) in [6.45, 7) is 2.43. The summed E-state index contributed by atoms with van der Waals surface area (Å²) < 4.78 is 5.81. The Hall–Kier alpha value is -3.40. The number of hydrogen-bond donors (Lipinski definition) is 1. The lowest BCUT2D eigenvalue weighted by Crippen LogP contribution is -2.21. The van der Waals surface area contributed by atoms with Gasteiger partial charge >= 0.3 is 0 Å². The minimum atomic E-state index is -0.0129. The summed E-state index contributed by atoms with van der Waals surface area (Å²) in [5.41, 5.74) is 6.79. The molecule has 3 aromatic rings. The maximum Gasteiger partial charge on any atom is 0.243 e. The number of carbonyl (C=O) groups excluding carboxylic acids is 1. The quantitative estimate of drug-likeness (QED) is 0.465. The normalized spacial score (nSPS) is 18.2. The molecule has 1 fully saturated rings. The largest absolute Gasteiger partial charge is 0.489 e. The summed E-state index contributed by atoms with van der Waals surface area (Å²) in [6.07, 6.45) is 0.887. The molecule has 0 bridgehead atoms. The summed E-state index contributed by atoms with van der Waals surface area (Å²) in [5, 5.41) is 4.28. The Kier molecular flexibility index (Phi) is 5.71. The molecule has 146 valence electrons. The first-order chi connectivity index (χ1) is 14.2. The Bertz CT molecular complexity index is 982. The Labute approximate surface area is 171 Å². The van der Waals surface area contributed by atoms with Crippen molar-refractivity contribution >= 4 is 11.6 Å². The van der Waals surface area contributed by atoms with Gasteiger partial charge in [-0.15, -0.1) is 0 Å². The van der Waals surface area contributed by atoms with E-state index in [4.69, 9.17) is 4.74 Å². The zero-order chi connectivity index (χ0) is 20.1. The molecule has 4 nitrogen and oxygen atoms in total. The van der Waals surface area contributed by atoms with Crippen molar-refractivity contribution in [2.24, 2.45) is 11.0 Å². The predicted octanol–water partition coefficient (Wildman–Crippen LogP) is 4.91. The zero-order valence-electron chi connectivity index (χ0n) is 16.4. The first-order valence-corrected chi connectivity index (χ1v) is 9.87. The SMILES string of the molecule is CC(=NNC(=O)C1CC1c1ccccc1)c1ccc(OCc2ccccc2)cc1. The molecule has 0 aromatic heterocycles. The van der Waals surface area contributed by atoms with Gasteiger partial charge in [0, 0.05) is 5.92 Å².